The van der Waals surface area contributed by atoms with E-state index in [-0.39, 0.29) is 13.2 Å². The molecule has 0 spiro atoms. The van der Waals surface area contributed by atoms with Crippen LogP contribution in [0.1, 0.15) is 102 Å². The number of nitrogens with one attached hydrogen (secondary N) is 1. The fourth-order valence-electron chi connectivity index (χ4n) is 4.44. The maximum Gasteiger partial charge on any atom is 0.407 e. The maximum absolute atomic E-state index is 12.0. The van der Waals surface area contributed by atoms with Crippen molar-refractivity contribution in [3.63, 3.8) is 0 Å². The number of rotatable bonds is 25. The van der Waals surface area contributed by atoms with E-state index in [4.69, 9.17) is 18.5 Å². The van der Waals surface area contributed by atoms with E-state index in [0.717, 1.165) is 24.9 Å². The molecule has 0 fully saturated rings. The SMILES string of the molecule is CCCCCCCCCCCCCCCCNC(=O)OCC(COP(O)Oc1cccc(C[n+]2ccsc2)c1)OC. The molecule has 8 nitrogen and oxygen atoms in total. The molecule has 232 valence electrons. The van der Waals surface area contributed by atoms with Crippen molar-refractivity contribution < 1.29 is 32.8 Å². The number of thiazole rings is 1. The molecule has 41 heavy (non-hydrogen) atoms. The van der Waals surface area contributed by atoms with E-state index in [2.05, 4.69) is 16.8 Å². The summed E-state index contributed by atoms with van der Waals surface area (Å²) in [6.45, 7) is 3.65. The van der Waals surface area contributed by atoms with Gasteiger partial charge >= 0.3 is 14.7 Å². The number of amides is 1. The van der Waals surface area contributed by atoms with Gasteiger partial charge in [-0.2, -0.15) is 4.57 Å². The van der Waals surface area contributed by atoms with Gasteiger partial charge in [0.1, 0.15) is 18.5 Å². The molecule has 1 heterocycles. The van der Waals surface area contributed by atoms with Crippen LogP contribution in [-0.4, -0.2) is 44.0 Å². The monoisotopic (exact) mass is 611 g/mol. The fourth-order valence-corrected chi connectivity index (χ4v) is 5.68. The van der Waals surface area contributed by atoms with E-state index in [0.29, 0.717) is 12.3 Å². The second-order valence-corrected chi connectivity index (χ2v) is 12.1. The van der Waals surface area contributed by atoms with Crippen molar-refractivity contribution in [2.45, 2.75) is 109 Å². The summed E-state index contributed by atoms with van der Waals surface area (Å²) in [5.74, 6) is 0.528. The van der Waals surface area contributed by atoms with Crippen LogP contribution in [0.4, 0.5) is 4.79 Å². The van der Waals surface area contributed by atoms with Crippen molar-refractivity contribution >= 4 is 26.0 Å². The number of ether oxygens (including phenoxy) is 2. The first-order chi connectivity index (χ1) is 20.1. The lowest BCUT2D eigenvalue weighted by molar-refractivity contribution is -0.683. The number of hydrogen-bond acceptors (Lipinski definition) is 7. The number of aromatic nitrogens is 1. The zero-order valence-electron chi connectivity index (χ0n) is 25.1. The van der Waals surface area contributed by atoms with E-state index in [9.17, 15) is 9.69 Å². The number of nitrogens with zero attached hydrogens (tertiary/aromatic N) is 1. The van der Waals surface area contributed by atoms with Gasteiger partial charge in [0.25, 0.3) is 0 Å². The van der Waals surface area contributed by atoms with E-state index < -0.39 is 20.8 Å². The number of unbranched alkanes of at least 4 members (excludes halogenated alkanes) is 13. The van der Waals surface area contributed by atoms with E-state index in [1.54, 1.807) is 17.4 Å². The zero-order chi connectivity index (χ0) is 29.4. The molecule has 0 aliphatic carbocycles. The molecule has 2 unspecified atom stereocenters. The summed E-state index contributed by atoms with van der Waals surface area (Å²) in [5.41, 5.74) is 3.08. The third kappa shape index (κ3) is 18.4. The van der Waals surface area contributed by atoms with Crippen LogP contribution in [0.5, 0.6) is 5.75 Å². The molecule has 0 saturated carbocycles. The predicted octanol–water partition coefficient (Wildman–Crippen LogP) is 7.92. The van der Waals surface area contributed by atoms with Gasteiger partial charge in [-0.1, -0.05) is 114 Å². The Morgan fingerprint density at radius 1 is 0.976 bits per heavy atom. The zero-order valence-corrected chi connectivity index (χ0v) is 26.8. The van der Waals surface area contributed by atoms with Crippen LogP contribution >= 0.6 is 19.9 Å². The summed E-state index contributed by atoms with van der Waals surface area (Å²) >= 11 is 1.63. The minimum atomic E-state index is -2.15. The van der Waals surface area contributed by atoms with Gasteiger partial charge in [-0.25, -0.2) is 4.79 Å². The summed E-state index contributed by atoms with van der Waals surface area (Å²) < 4.78 is 23.6. The molecule has 2 aromatic rings. The van der Waals surface area contributed by atoms with Crippen molar-refractivity contribution in [2.75, 3.05) is 26.9 Å². The van der Waals surface area contributed by atoms with E-state index >= 15 is 0 Å². The molecule has 0 radical (unpaired) electrons. The van der Waals surface area contributed by atoms with Crippen LogP contribution in [0.2, 0.25) is 0 Å². The highest BCUT2D eigenvalue weighted by Gasteiger charge is 2.17. The number of benzene rings is 1. The Kier molecular flexibility index (Phi) is 20.5. The average molecular weight is 612 g/mol. The smallest absolute Gasteiger partial charge is 0.407 e. The standard InChI is InChI=1S/C31H51N2O6PS/c1-3-4-5-6-7-8-9-10-11-12-13-14-15-16-20-32-31(34)37-25-30(36-2)26-38-40(35)39-29-19-17-18-28(23-29)24-33-21-22-41-27-33/h17-19,21-23,27,30,35H,3-16,20,24-26H2,1-2H3/p+1. The summed E-state index contributed by atoms with van der Waals surface area (Å²) in [6, 6.07) is 7.53. The Hall–Kier alpha value is -1.77. The molecule has 1 aromatic carbocycles. The lowest BCUT2D eigenvalue weighted by Gasteiger charge is -2.18. The topological polar surface area (TPSA) is 90.1 Å². The van der Waals surface area contributed by atoms with Crippen molar-refractivity contribution in [2.24, 2.45) is 0 Å². The average Bonchev–Trinajstić information content (AvgIpc) is 3.48. The van der Waals surface area contributed by atoms with E-state index in [1.165, 1.54) is 84.2 Å². The summed E-state index contributed by atoms with van der Waals surface area (Å²) in [4.78, 5) is 22.2. The van der Waals surface area contributed by atoms with Crippen LogP contribution in [0.3, 0.4) is 0 Å². The Morgan fingerprint density at radius 2 is 1.63 bits per heavy atom. The summed E-state index contributed by atoms with van der Waals surface area (Å²) in [6.07, 6.45) is 19.3. The van der Waals surface area contributed by atoms with Gasteiger partial charge in [-0.05, 0) is 18.6 Å². The molecule has 1 amide bonds. The molecule has 0 saturated heterocycles. The molecular weight excluding hydrogens is 559 g/mol. The number of carbonyl (C=O) groups is 1. The second-order valence-electron chi connectivity index (χ2n) is 10.5. The molecule has 2 rings (SSSR count). The molecule has 0 aliphatic heterocycles. The van der Waals surface area contributed by atoms with Crippen molar-refractivity contribution in [3.05, 3.63) is 46.9 Å². The van der Waals surface area contributed by atoms with Crippen LogP contribution < -0.4 is 14.4 Å². The van der Waals surface area contributed by atoms with Crippen LogP contribution in [0.15, 0.2) is 41.4 Å². The maximum atomic E-state index is 12.0. The van der Waals surface area contributed by atoms with E-state index in [1.807, 2.05) is 35.3 Å². The van der Waals surface area contributed by atoms with Crippen LogP contribution in [0.25, 0.3) is 0 Å². The molecule has 2 atom stereocenters. The summed E-state index contributed by atoms with van der Waals surface area (Å²) in [5, 5.41) is 4.81. The normalized spacial score (nSPS) is 12.7. The lowest BCUT2D eigenvalue weighted by atomic mass is 10.0. The van der Waals surface area contributed by atoms with Crippen molar-refractivity contribution in [1.82, 2.24) is 5.32 Å². The highest BCUT2D eigenvalue weighted by molar-refractivity contribution is 7.41. The quantitative estimate of drug-likeness (QED) is 0.0674. The van der Waals surface area contributed by atoms with Gasteiger partial charge in [0, 0.05) is 19.2 Å². The number of alkyl carbamates (subject to hydrolysis) is 1. The third-order valence-electron chi connectivity index (χ3n) is 6.88. The molecular formula is C31H52N2O6PS+. The number of carbonyl (C=O) groups excluding carboxylic acids is 1. The molecule has 0 aliphatic rings. The minimum absolute atomic E-state index is 0.0254. The van der Waals surface area contributed by atoms with Crippen molar-refractivity contribution in [3.8, 4) is 5.75 Å². The third-order valence-corrected chi connectivity index (χ3v) is 8.29. The fraction of sp³-hybridized carbons (Fsp3) is 0.677. The first-order valence-electron chi connectivity index (χ1n) is 15.3. The van der Waals surface area contributed by atoms with Gasteiger partial charge in [0.2, 0.25) is 5.51 Å². The molecule has 0 bridgehead atoms. The molecule has 10 heteroatoms. The van der Waals surface area contributed by atoms with Gasteiger partial charge in [-0.15, -0.1) is 0 Å². The first-order valence-corrected chi connectivity index (χ1v) is 17.4. The van der Waals surface area contributed by atoms with Gasteiger partial charge in [0.05, 0.1) is 12.0 Å². The van der Waals surface area contributed by atoms with Gasteiger partial charge < -0.3 is 24.2 Å². The highest BCUT2D eigenvalue weighted by Crippen LogP contribution is 2.35. The molecule has 2 N–H and O–H groups in total. The van der Waals surface area contributed by atoms with Crippen molar-refractivity contribution in [1.29, 1.82) is 0 Å². The Bertz CT molecular complexity index is 904. The highest BCUT2D eigenvalue weighted by atomic mass is 32.1. The summed E-state index contributed by atoms with van der Waals surface area (Å²) in [7, 11) is -0.640. The number of methoxy groups -OCH3 is 1. The Morgan fingerprint density at radius 3 is 2.24 bits per heavy atom. The first kappa shape index (κ1) is 35.4. The van der Waals surface area contributed by atoms with Gasteiger partial charge in [0.15, 0.2) is 12.7 Å². The number of hydrogen-bond donors (Lipinski definition) is 2. The second kappa shape index (κ2) is 23.8. The Balaban J connectivity index is 1.44. The molecule has 1 aromatic heterocycles. The largest absolute Gasteiger partial charge is 0.447 e. The van der Waals surface area contributed by atoms with Crippen LogP contribution in [0, 0.1) is 0 Å². The Labute approximate surface area is 252 Å². The van der Waals surface area contributed by atoms with Gasteiger partial charge in [-0.3, -0.25) is 4.52 Å². The minimum Gasteiger partial charge on any atom is -0.447 e. The predicted molar refractivity (Wildman–Crippen MR) is 166 cm³/mol. The lowest BCUT2D eigenvalue weighted by Crippen LogP contribution is -2.31. The van der Waals surface area contributed by atoms with Crippen LogP contribution in [-0.2, 0) is 20.5 Å².